The summed E-state index contributed by atoms with van der Waals surface area (Å²) in [6.45, 7) is 0.763. The molecule has 3 nitrogen and oxygen atoms in total. The summed E-state index contributed by atoms with van der Waals surface area (Å²) in [6.07, 6.45) is 0. The van der Waals surface area contributed by atoms with Gasteiger partial charge in [0.2, 0.25) is 0 Å². The van der Waals surface area contributed by atoms with Crippen molar-refractivity contribution in [3.8, 4) is 17.2 Å². The largest absolute Gasteiger partial charge is 0.366 e. The molecule has 3 rings (SSSR count). The highest BCUT2D eigenvalue weighted by atomic mass is 15.1. The number of hydrogen-bond donors (Lipinski definition) is 2. The third-order valence-corrected chi connectivity index (χ3v) is 2.94. The van der Waals surface area contributed by atoms with Gasteiger partial charge in [-0.15, -0.1) is 0 Å². The molecule has 3 heteroatoms. The van der Waals surface area contributed by atoms with E-state index in [9.17, 15) is 0 Å². The molecule has 1 aliphatic heterocycles. The van der Waals surface area contributed by atoms with Crippen LogP contribution in [0, 0.1) is 11.3 Å². The van der Waals surface area contributed by atoms with Crippen molar-refractivity contribution in [3.05, 3.63) is 48.0 Å². The molecule has 1 heterocycles. The molecule has 0 bridgehead atoms. The number of anilines is 2. The molecule has 0 aliphatic carbocycles. The van der Waals surface area contributed by atoms with Gasteiger partial charge in [0.15, 0.2) is 0 Å². The molecule has 0 saturated heterocycles. The quantitative estimate of drug-likeness (QED) is 0.778. The Kier molecular flexibility index (Phi) is 2.20. The number of benzene rings is 2. The molecule has 2 aromatic carbocycles. The second kappa shape index (κ2) is 3.84. The van der Waals surface area contributed by atoms with Crippen molar-refractivity contribution >= 4 is 11.4 Å². The number of nitrogens with zero attached hydrogens (tertiary/aromatic N) is 1. The minimum atomic E-state index is 0.707. The Bertz CT molecular complexity index is 611. The molecule has 0 atom stereocenters. The van der Waals surface area contributed by atoms with E-state index in [4.69, 9.17) is 5.26 Å². The van der Waals surface area contributed by atoms with Gasteiger partial charge < -0.3 is 10.6 Å². The van der Waals surface area contributed by atoms with E-state index in [1.165, 1.54) is 0 Å². The highest BCUT2D eigenvalue weighted by molar-refractivity contribution is 5.81. The smallest absolute Gasteiger partial charge is 0.0998 e. The predicted molar refractivity (Wildman–Crippen MR) is 68.7 cm³/mol. The van der Waals surface area contributed by atoms with E-state index in [-0.39, 0.29) is 0 Å². The minimum absolute atomic E-state index is 0.707. The molecule has 0 aromatic heterocycles. The van der Waals surface area contributed by atoms with Gasteiger partial charge in [0.1, 0.15) is 0 Å². The Balaban J connectivity index is 2.13. The topological polar surface area (TPSA) is 47.9 Å². The van der Waals surface area contributed by atoms with E-state index >= 15 is 0 Å². The van der Waals surface area contributed by atoms with Crippen LogP contribution in [0.1, 0.15) is 5.56 Å². The molecular weight excluding hydrogens is 210 g/mol. The standard InChI is InChI=1S/C14H11N3/c15-8-11-3-1-2-4-12(11)10-5-6-13-14(7-10)17-9-16-13/h1-7,16-17H,9H2. The second-order valence-corrected chi connectivity index (χ2v) is 3.95. The first-order chi connectivity index (χ1) is 8.38. The lowest BCUT2D eigenvalue weighted by Crippen LogP contribution is -1.98. The molecule has 2 N–H and O–H groups in total. The maximum Gasteiger partial charge on any atom is 0.0998 e. The maximum absolute atomic E-state index is 9.10. The van der Waals surface area contributed by atoms with E-state index in [0.29, 0.717) is 5.56 Å². The van der Waals surface area contributed by atoms with Gasteiger partial charge in [-0.05, 0) is 29.3 Å². The summed E-state index contributed by atoms with van der Waals surface area (Å²) in [5.74, 6) is 0. The first-order valence-corrected chi connectivity index (χ1v) is 5.50. The molecular formula is C14H11N3. The summed E-state index contributed by atoms with van der Waals surface area (Å²) >= 11 is 0. The molecule has 82 valence electrons. The fraction of sp³-hybridized carbons (Fsp3) is 0.0714. The number of rotatable bonds is 1. The summed E-state index contributed by atoms with van der Waals surface area (Å²) in [4.78, 5) is 0. The fourth-order valence-electron chi connectivity index (χ4n) is 2.08. The lowest BCUT2D eigenvalue weighted by Gasteiger charge is -2.06. The zero-order valence-electron chi connectivity index (χ0n) is 9.20. The average molecular weight is 221 g/mol. The van der Waals surface area contributed by atoms with Crippen LogP contribution in [0.4, 0.5) is 11.4 Å². The van der Waals surface area contributed by atoms with Crippen LogP contribution >= 0.6 is 0 Å². The summed E-state index contributed by atoms with van der Waals surface area (Å²) in [7, 11) is 0. The van der Waals surface area contributed by atoms with Crippen LogP contribution < -0.4 is 10.6 Å². The van der Waals surface area contributed by atoms with E-state index in [0.717, 1.165) is 29.2 Å². The van der Waals surface area contributed by atoms with Gasteiger partial charge in [0, 0.05) is 0 Å². The maximum atomic E-state index is 9.10. The van der Waals surface area contributed by atoms with Gasteiger partial charge in [-0.25, -0.2) is 0 Å². The number of nitrogens with one attached hydrogen (secondary N) is 2. The summed E-state index contributed by atoms with van der Waals surface area (Å²) in [6, 6.07) is 16.0. The Hall–Kier alpha value is -2.47. The molecule has 0 fully saturated rings. The monoisotopic (exact) mass is 221 g/mol. The fourth-order valence-corrected chi connectivity index (χ4v) is 2.08. The molecule has 0 unspecified atom stereocenters. The molecule has 0 spiro atoms. The number of hydrogen-bond acceptors (Lipinski definition) is 3. The summed E-state index contributed by atoms with van der Waals surface area (Å²) in [5.41, 5.74) is 4.96. The molecule has 2 aromatic rings. The van der Waals surface area contributed by atoms with Crippen molar-refractivity contribution in [2.45, 2.75) is 0 Å². The van der Waals surface area contributed by atoms with Gasteiger partial charge in [0.25, 0.3) is 0 Å². The average Bonchev–Trinajstić information content (AvgIpc) is 2.85. The van der Waals surface area contributed by atoms with E-state index in [2.05, 4.69) is 22.8 Å². The zero-order valence-corrected chi connectivity index (χ0v) is 9.20. The lowest BCUT2D eigenvalue weighted by atomic mass is 10.00. The van der Waals surface area contributed by atoms with E-state index in [1.54, 1.807) is 0 Å². The van der Waals surface area contributed by atoms with Crippen molar-refractivity contribution in [1.29, 1.82) is 5.26 Å². The van der Waals surface area contributed by atoms with Gasteiger partial charge in [-0.1, -0.05) is 24.3 Å². The van der Waals surface area contributed by atoms with Crippen molar-refractivity contribution in [2.24, 2.45) is 0 Å². The van der Waals surface area contributed by atoms with Gasteiger partial charge in [-0.2, -0.15) is 5.26 Å². The predicted octanol–water partition coefficient (Wildman–Crippen LogP) is 3.02. The second-order valence-electron chi connectivity index (χ2n) is 3.95. The highest BCUT2D eigenvalue weighted by Gasteiger charge is 2.11. The molecule has 0 amide bonds. The van der Waals surface area contributed by atoms with Crippen LogP contribution in [-0.2, 0) is 0 Å². The van der Waals surface area contributed by atoms with Crippen LogP contribution in [0.3, 0.4) is 0 Å². The summed E-state index contributed by atoms with van der Waals surface area (Å²) < 4.78 is 0. The lowest BCUT2D eigenvalue weighted by molar-refractivity contribution is 1.31. The highest BCUT2D eigenvalue weighted by Crippen LogP contribution is 2.32. The van der Waals surface area contributed by atoms with E-state index < -0.39 is 0 Å². The first kappa shape index (κ1) is 9.73. The SMILES string of the molecule is N#Cc1ccccc1-c1ccc2c(c1)NCN2. The minimum Gasteiger partial charge on any atom is -0.366 e. The van der Waals surface area contributed by atoms with Crippen molar-refractivity contribution < 1.29 is 0 Å². The van der Waals surface area contributed by atoms with Crippen LogP contribution in [0.2, 0.25) is 0 Å². The zero-order chi connectivity index (χ0) is 11.7. The molecule has 17 heavy (non-hydrogen) atoms. The third kappa shape index (κ3) is 1.60. The number of nitriles is 1. The Labute approximate surface area is 99.7 Å². The first-order valence-electron chi connectivity index (χ1n) is 5.50. The van der Waals surface area contributed by atoms with Gasteiger partial charge in [-0.3, -0.25) is 0 Å². The van der Waals surface area contributed by atoms with Crippen LogP contribution in [-0.4, -0.2) is 6.67 Å². The van der Waals surface area contributed by atoms with Crippen LogP contribution in [0.5, 0.6) is 0 Å². The molecule has 0 saturated carbocycles. The van der Waals surface area contributed by atoms with Gasteiger partial charge in [0.05, 0.1) is 29.7 Å². The summed E-state index contributed by atoms with van der Waals surface area (Å²) in [5, 5.41) is 15.6. The third-order valence-electron chi connectivity index (χ3n) is 2.94. The number of fused-ring (bicyclic) bond motifs is 1. The van der Waals surface area contributed by atoms with Crippen LogP contribution in [0.25, 0.3) is 11.1 Å². The van der Waals surface area contributed by atoms with Gasteiger partial charge >= 0.3 is 0 Å². The Morgan fingerprint density at radius 3 is 2.71 bits per heavy atom. The Morgan fingerprint density at radius 2 is 1.82 bits per heavy atom. The van der Waals surface area contributed by atoms with Crippen molar-refractivity contribution in [3.63, 3.8) is 0 Å². The molecule has 0 radical (unpaired) electrons. The van der Waals surface area contributed by atoms with Crippen molar-refractivity contribution in [1.82, 2.24) is 0 Å². The van der Waals surface area contributed by atoms with Crippen LogP contribution in [0.15, 0.2) is 42.5 Å². The Morgan fingerprint density at radius 1 is 1.00 bits per heavy atom. The normalized spacial score (nSPS) is 12.2. The van der Waals surface area contributed by atoms with Crippen molar-refractivity contribution in [2.75, 3.05) is 17.3 Å². The molecule has 1 aliphatic rings. The van der Waals surface area contributed by atoms with E-state index in [1.807, 2.05) is 36.4 Å².